The van der Waals surface area contributed by atoms with Crippen LogP contribution in [-0.2, 0) is 4.79 Å². The molecule has 2 atom stereocenters. The van der Waals surface area contributed by atoms with E-state index >= 15 is 0 Å². The molecule has 110 valence electrons. The fraction of sp³-hybridized carbons (Fsp3) is 0.846. The summed E-state index contributed by atoms with van der Waals surface area (Å²) in [5.74, 6) is 0.320. The Hall–Kier alpha value is -1.30. The van der Waals surface area contributed by atoms with Crippen LogP contribution in [0.4, 0.5) is 4.79 Å². The lowest BCUT2D eigenvalue weighted by Crippen LogP contribution is -2.49. The van der Waals surface area contributed by atoms with E-state index in [4.69, 9.17) is 11.5 Å². The number of rotatable bonds is 6. The fourth-order valence-corrected chi connectivity index (χ4v) is 2.46. The average Bonchev–Trinajstić information content (AvgIpc) is 2.42. The zero-order valence-corrected chi connectivity index (χ0v) is 11.7. The highest BCUT2D eigenvalue weighted by Gasteiger charge is 2.26. The van der Waals surface area contributed by atoms with Crippen LogP contribution < -0.4 is 16.8 Å². The Bertz CT molecular complexity index is 309. The second kappa shape index (κ2) is 7.99. The molecule has 19 heavy (non-hydrogen) atoms. The van der Waals surface area contributed by atoms with Gasteiger partial charge in [-0.25, -0.2) is 4.79 Å². The molecule has 1 fully saturated rings. The molecule has 0 aliphatic carbocycles. The molecule has 0 aromatic heterocycles. The number of primary amides is 1. The third-order valence-corrected chi connectivity index (χ3v) is 3.58. The Morgan fingerprint density at radius 1 is 1.47 bits per heavy atom. The van der Waals surface area contributed by atoms with Gasteiger partial charge in [-0.3, -0.25) is 4.79 Å². The number of carbonyl (C=O) groups is 2. The number of nitrogens with two attached hydrogens (primary N) is 2. The van der Waals surface area contributed by atoms with Gasteiger partial charge in [0.2, 0.25) is 5.91 Å². The van der Waals surface area contributed by atoms with E-state index in [1.54, 1.807) is 0 Å². The van der Waals surface area contributed by atoms with Crippen molar-refractivity contribution in [3.05, 3.63) is 0 Å². The number of nitrogens with zero attached hydrogens (tertiary/aromatic N) is 1. The molecule has 0 aromatic rings. The summed E-state index contributed by atoms with van der Waals surface area (Å²) in [6.07, 6.45) is 4.74. The fourth-order valence-electron chi connectivity index (χ4n) is 2.46. The number of urea groups is 1. The van der Waals surface area contributed by atoms with Crippen molar-refractivity contribution in [2.45, 2.75) is 45.1 Å². The molecule has 0 saturated carbocycles. The molecular weight excluding hydrogens is 244 g/mol. The van der Waals surface area contributed by atoms with Crippen LogP contribution in [0.25, 0.3) is 0 Å². The van der Waals surface area contributed by atoms with Crippen LogP contribution in [-0.4, -0.2) is 42.5 Å². The summed E-state index contributed by atoms with van der Waals surface area (Å²) < 4.78 is 0. The van der Waals surface area contributed by atoms with Crippen molar-refractivity contribution in [3.63, 3.8) is 0 Å². The summed E-state index contributed by atoms with van der Waals surface area (Å²) in [5.41, 5.74) is 11.0. The monoisotopic (exact) mass is 270 g/mol. The Labute approximate surface area is 114 Å². The van der Waals surface area contributed by atoms with Crippen LogP contribution in [0, 0.1) is 5.92 Å². The number of amides is 3. The number of carbonyl (C=O) groups excluding carboxylic acids is 2. The molecule has 0 bridgehead atoms. The summed E-state index contributed by atoms with van der Waals surface area (Å²) in [6.45, 7) is 4.05. The first kappa shape index (κ1) is 15.8. The number of hydrogen-bond donors (Lipinski definition) is 3. The zero-order chi connectivity index (χ0) is 14.3. The first-order valence-corrected chi connectivity index (χ1v) is 7.12. The molecule has 1 heterocycles. The van der Waals surface area contributed by atoms with E-state index in [1.807, 2.05) is 4.90 Å². The van der Waals surface area contributed by atoms with E-state index in [9.17, 15) is 9.59 Å². The molecule has 1 unspecified atom stereocenters. The molecule has 5 N–H and O–H groups in total. The number of piperidine rings is 1. The van der Waals surface area contributed by atoms with E-state index < -0.39 is 6.03 Å². The van der Waals surface area contributed by atoms with E-state index in [0.717, 1.165) is 38.6 Å². The van der Waals surface area contributed by atoms with Gasteiger partial charge in [0.05, 0.1) is 6.04 Å². The van der Waals surface area contributed by atoms with Gasteiger partial charge >= 0.3 is 6.03 Å². The van der Waals surface area contributed by atoms with Crippen LogP contribution >= 0.6 is 0 Å². The smallest absolute Gasteiger partial charge is 0.312 e. The topological polar surface area (TPSA) is 101 Å². The number of hydrogen-bond acceptors (Lipinski definition) is 3. The summed E-state index contributed by atoms with van der Waals surface area (Å²) in [5, 5.41) is 2.61. The summed E-state index contributed by atoms with van der Waals surface area (Å²) >= 11 is 0. The minimum absolute atomic E-state index is 0.0391. The Morgan fingerprint density at radius 3 is 2.84 bits per heavy atom. The Balaban J connectivity index is 2.40. The maximum Gasteiger partial charge on any atom is 0.312 e. The molecule has 1 aliphatic heterocycles. The highest BCUT2D eigenvalue weighted by molar-refractivity contribution is 5.81. The van der Waals surface area contributed by atoms with Gasteiger partial charge in [-0.1, -0.05) is 19.8 Å². The van der Waals surface area contributed by atoms with Gasteiger partial charge in [0, 0.05) is 19.6 Å². The molecular formula is C13H26N4O2. The number of nitrogens with one attached hydrogen (secondary N) is 1. The van der Waals surface area contributed by atoms with Crippen LogP contribution in [0.3, 0.4) is 0 Å². The Kier molecular flexibility index (Phi) is 6.62. The van der Waals surface area contributed by atoms with Gasteiger partial charge in [0.25, 0.3) is 0 Å². The first-order chi connectivity index (χ1) is 9.04. The third-order valence-electron chi connectivity index (χ3n) is 3.58. The van der Waals surface area contributed by atoms with Crippen molar-refractivity contribution in [3.8, 4) is 0 Å². The highest BCUT2D eigenvalue weighted by Crippen LogP contribution is 2.17. The maximum atomic E-state index is 12.2. The minimum Gasteiger partial charge on any atom is -0.352 e. The maximum absolute atomic E-state index is 12.2. The minimum atomic E-state index is -0.511. The van der Waals surface area contributed by atoms with Gasteiger partial charge in [0.1, 0.15) is 0 Å². The van der Waals surface area contributed by atoms with Crippen LogP contribution in [0.2, 0.25) is 0 Å². The largest absolute Gasteiger partial charge is 0.352 e. The lowest BCUT2D eigenvalue weighted by atomic mass is 9.97. The van der Waals surface area contributed by atoms with Crippen LogP contribution in [0.15, 0.2) is 0 Å². The Morgan fingerprint density at radius 2 is 2.21 bits per heavy atom. The van der Waals surface area contributed by atoms with Gasteiger partial charge in [-0.05, 0) is 25.2 Å². The van der Waals surface area contributed by atoms with E-state index in [-0.39, 0.29) is 17.9 Å². The third kappa shape index (κ3) is 5.46. The van der Waals surface area contributed by atoms with Gasteiger partial charge < -0.3 is 21.7 Å². The predicted molar refractivity (Wildman–Crippen MR) is 74.4 cm³/mol. The van der Waals surface area contributed by atoms with Gasteiger partial charge in [0.15, 0.2) is 0 Å². The van der Waals surface area contributed by atoms with Crippen molar-refractivity contribution >= 4 is 11.9 Å². The summed E-state index contributed by atoms with van der Waals surface area (Å²) in [6, 6.07) is -0.897. The molecule has 1 aliphatic rings. The molecule has 3 amide bonds. The second-order valence-corrected chi connectivity index (χ2v) is 5.29. The van der Waals surface area contributed by atoms with Crippen molar-refractivity contribution in [1.29, 1.82) is 0 Å². The number of likely N-dealkylation sites (tertiary alicyclic amines) is 1. The molecule has 1 rings (SSSR count). The summed E-state index contributed by atoms with van der Waals surface area (Å²) in [7, 11) is 0. The molecule has 0 radical (unpaired) electrons. The van der Waals surface area contributed by atoms with E-state index in [2.05, 4.69) is 12.2 Å². The normalized spacial score (nSPS) is 20.9. The predicted octanol–water partition coefficient (Wildman–Crippen LogP) is 0.411. The molecule has 6 nitrogen and oxygen atoms in total. The number of unbranched alkanes of at least 4 members (excludes halogenated alkanes) is 1. The second-order valence-electron chi connectivity index (χ2n) is 5.29. The van der Waals surface area contributed by atoms with Crippen LogP contribution in [0.5, 0.6) is 0 Å². The van der Waals surface area contributed by atoms with E-state index in [1.165, 1.54) is 0 Å². The summed E-state index contributed by atoms with van der Waals surface area (Å²) in [4.78, 5) is 24.7. The SMILES string of the molecule is CCCC[C@H](N)C(=O)N1CCCC(CNC(N)=O)C1. The van der Waals surface area contributed by atoms with Crippen molar-refractivity contribution in [2.75, 3.05) is 19.6 Å². The molecule has 1 saturated heterocycles. The van der Waals surface area contributed by atoms with Crippen LogP contribution in [0.1, 0.15) is 39.0 Å². The van der Waals surface area contributed by atoms with E-state index in [0.29, 0.717) is 13.1 Å². The average molecular weight is 270 g/mol. The lowest BCUT2D eigenvalue weighted by molar-refractivity contribution is -0.134. The quantitative estimate of drug-likeness (QED) is 0.651. The van der Waals surface area contributed by atoms with Gasteiger partial charge in [-0.15, -0.1) is 0 Å². The highest BCUT2D eigenvalue weighted by atomic mass is 16.2. The van der Waals surface area contributed by atoms with Crippen molar-refractivity contribution < 1.29 is 9.59 Å². The lowest BCUT2D eigenvalue weighted by Gasteiger charge is -2.34. The zero-order valence-electron chi connectivity index (χ0n) is 11.7. The molecule has 6 heteroatoms. The first-order valence-electron chi connectivity index (χ1n) is 7.12. The standard InChI is InChI=1S/C13H26N4O2/c1-2-3-6-11(14)12(18)17-7-4-5-10(9-17)8-16-13(15)19/h10-11H,2-9,14H2,1H3,(H3,15,16,19)/t10?,11-/m0/s1. The molecule has 0 aromatic carbocycles. The molecule has 0 spiro atoms. The van der Waals surface area contributed by atoms with Crippen molar-refractivity contribution in [2.24, 2.45) is 17.4 Å². The van der Waals surface area contributed by atoms with Gasteiger partial charge in [-0.2, -0.15) is 0 Å². The van der Waals surface area contributed by atoms with Crippen molar-refractivity contribution in [1.82, 2.24) is 10.2 Å².